The molecule has 2 aromatic carbocycles. The van der Waals surface area contributed by atoms with Gasteiger partial charge in [-0.2, -0.15) is 0 Å². The third-order valence-corrected chi connectivity index (χ3v) is 7.51. The molecule has 1 aromatic heterocycles. The minimum absolute atomic E-state index is 0.241. The molecule has 0 aliphatic carbocycles. The lowest BCUT2D eigenvalue weighted by Gasteiger charge is -2.43. The topological polar surface area (TPSA) is 63.5 Å². The van der Waals surface area contributed by atoms with E-state index in [1.54, 1.807) is 13.2 Å². The highest BCUT2D eigenvalue weighted by Crippen LogP contribution is 2.40. The molecular formula is C26H32N3O3+. The third kappa shape index (κ3) is 3.48. The second-order valence-electron chi connectivity index (χ2n) is 9.26. The molecule has 0 radical (unpaired) electrons. The summed E-state index contributed by atoms with van der Waals surface area (Å²) in [6.45, 7) is 7.85. The van der Waals surface area contributed by atoms with Crippen molar-refractivity contribution < 1.29 is 13.9 Å². The molecule has 3 unspecified atom stereocenters. The minimum atomic E-state index is -0.241. The van der Waals surface area contributed by atoms with Crippen LogP contribution in [0.15, 0.2) is 46.9 Å². The Kier molecular flexibility index (Phi) is 5.43. The Morgan fingerprint density at radius 2 is 2.06 bits per heavy atom. The number of ether oxygens (including phenoxy) is 1. The summed E-state index contributed by atoms with van der Waals surface area (Å²) in [6, 6.07) is 15.1. The highest BCUT2D eigenvalue weighted by atomic mass is 16.5. The van der Waals surface area contributed by atoms with Crippen molar-refractivity contribution in [1.29, 1.82) is 0 Å². The number of anilines is 1. The van der Waals surface area contributed by atoms with Crippen molar-refractivity contribution in [2.45, 2.75) is 45.2 Å². The first-order chi connectivity index (χ1) is 15.5. The van der Waals surface area contributed by atoms with Crippen LogP contribution < -0.4 is 19.9 Å². The number of quaternary nitrogens is 1. The van der Waals surface area contributed by atoms with Crippen molar-refractivity contribution in [1.82, 2.24) is 9.80 Å². The Balaban J connectivity index is 1.40. The zero-order valence-electron chi connectivity index (χ0n) is 19.1. The molecule has 6 heteroatoms. The van der Waals surface area contributed by atoms with Gasteiger partial charge in [0.15, 0.2) is 5.76 Å². The fourth-order valence-electron chi connectivity index (χ4n) is 5.76. The first-order valence-electron chi connectivity index (χ1n) is 11.6. The van der Waals surface area contributed by atoms with Crippen molar-refractivity contribution in [3.63, 3.8) is 0 Å². The quantitative estimate of drug-likeness (QED) is 0.564. The van der Waals surface area contributed by atoms with Crippen LogP contribution in [0.3, 0.4) is 0 Å². The number of nitrogens with one attached hydrogen (secondary N) is 2. The normalized spacial score (nSPS) is 25.3. The summed E-state index contributed by atoms with van der Waals surface area (Å²) in [5.41, 5.74) is 3.94. The smallest absolute Gasteiger partial charge is 0.291 e. The first kappa shape index (κ1) is 21.0. The van der Waals surface area contributed by atoms with E-state index in [1.165, 1.54) is 31.5 Å². The van der Waals surface area contributed by atoms with Gasteiger partial charge in [-0.25, -0.2) is 0 Å². The first-order valence-corrected chi connectivity index (χ1v) is 11.6. The van der Waals surface area contributed by atoms with Crippen molar-refractivity contribution >= 4 is 28.3 Å². The number of rotatable bonds is 5. The molecule has 1 amide bonds. The number of hydrogen-bond donors (Lipinski definition) is 2. The van der Waals surface area contributed by atoms with E-state index >= 15 is 0 Å². The molecule has 2 N–H and O–H groups in total. The lowest BCUT2D eigenvalue weighted by Crippen LogP contribution is -2.59. The summed E-state index contributed by atoms with van der Waals surface area (Å²) in [6.07, 6.45) is 3.76. The van der Waals surface area contributed by atoms with Gasteiger partial charge in [-0.3, -0.25) is 9.28 Å². The van der Waals surface area contributed by atoms with E-state index in [0.717, 1.165) is 40.0 Å². The Labute approximate surface area is 189 Å². The van der Waals surface area contributed by atoms with Crippen molar-refractivity contribution in [2.24, 2.45) is 0 Å². The van der Waals surface area contributed by atoms with Gasteiger partial charge in [0.1, 0.15) is 23.1 Å². The summed E-state index contributed by atoms with van der Waals surface area (Å²) in [7, 11) is 1.62. The average Bonchev–Trinajstić information content (AvgIpc) is 3.54. The molecule has 2 aliphatic rings. The maximum atomic E-state index is 12.9. The Morgan fingerprint density at radius 1 is 1.19 bits per heavy atom. The molecule has 3 aromatic rings. The number of nitrogens with zero attached hydrogens (tertiary/aromatic N) is 1. The molecule has 0 bridgehead atoms. The van der Waals surface area contributed by atoms with E-state index < -0.39 is 0 Å². The summed E-state index contributed by atoms with van der Waals surface area (Å²) < 4.78 is 12.1. The van der Waals surface area contributed by atoms with Crippen LogP contribution in [0.25, 0.3) is 11.0 Å². The van der Waals surface area contributed by atoms with Crippen LogP contribution in [0, 0.1) is 6.92 Å². The molecule has 2 saturated heterocycles. The summed E-state index contributed by atoms with van der Waals surface area (Å²) in [4.78, 5) is 12.9. The Bertz CT molecular complexity index is 1150. The second-order valence-corrected chi connectivity index (χ2v) is 9.26. The lowest BCUT2D eigenvalue weighted by atomic mass is 10.0. The van der Waals surface area contributed by atoms with E-state index in [9.17, 15) is 4.79 Å². The number of likely N-dealkylation sites (tertiary alicyclic amines) is 1. The van der Waals surface area contributed by atoms with Crippen LogP contribution >= 0.6 is 0 Å². The van der Waals surface area contributed by atoms with Gasteiger partial charge in [0.05, 0.1) is 19.7 Å². The van der Waals surface area contributed by atoms with Crippen molar-refractivity contribution in [3.8, 4) is 5.75 Å². The molecule has 0 spiro atoms. The number of carbonyl (C=O) groups excluding carboxylic acids is 1. The number of amides is 1. The van der Waals surface area contributed by atoms with Gasteiger partial charge in [-0.1, -0.05) is 0 Å². The second kappa shape index (κ2) is 8.26. The van der Waals surface area contributed by atoms with E-state index in [1.807, 2.05) is 18.2 Å². The molecule has 2 aliphatic heterocycles. The molecule has 0 saturated carbocycles. The zero-order valence-corrected chi connectivity index (χ0v) is 19.1. The van der Waals surface area contributed by atoms with E-state index in [-0.39, 0.29) is 5.91 Å². The van der Waals surface area contributed by atoms with Gasteiger partial charge < -0.3 is 19.8 Å². The third-order valence-electron chi connectivity index (χ3n) is 7.51. The Morgan fingerprint density at radius 3 is 2.75 bits per heavy atom. The van der Waals surface area contributed by atoms with Crippen molar-refractivity contribution in [2.75, 3.05) is 32.1 Å². The standard InChI is InChI=1S/C26H31N3O3/c1-17-13-20(29(12-4-5-18(29)2)21-10-11-27-16-21)6-8-23(17)28-26(30)25-15-19-14-22(31-3)7-9-24(19)32-25/h6-9,13-15,18,21,27H,4-5,10-12,16H2,1-3H3/p+1. The molecular weight excluding hydrogens is 402 g/mol. The fraction of sp³-hybridized carbons (Fsp3) is 0.423. The maximum absolute atomic E-state index is 12.9. The van der Waals surface area contributed by atoms with Gasteiger partial charge >= 0.3 is 0 Å². The predicted octanol–water partition coefficient (Wildman–Crippen LogP) is 4.85. The van der Waals surface area contributed by atoms with E-state index in [2.05, 4.69) is 42.7 Å². The summed E-state index contributed by atoms with van der Waals surface area (Å²) >= 11 is 0. The number of hydrogen-bond acceptors (Lipinski definition) is 4. The molecule has 168 valence electrons. The molecule has 32 heavy (non-hydrogen) atoms. The predicted molar refractivity (Wildman–Crippen MR) is 129 cm³/mol. The summed E-state index contributed by atoms with van der Waals surface area (Å²) in [5.74, 6) is 0.794. The molecule has 5 rings (SSSR count). The Hall–Kier alpha value is -2.83. The number of methoxy groups -OCH3 is 1. The van der Waals surface area contributed by atoms with Crippen LogP contribution in [0.5, 0.6) is 5.75 Å². The minimum Gasteiger partial charge on any atom is -0.497 e. The fourth-order valence-corrected chi connectivity index (χ4v) is 5.76. The lowest BCUT2D eigenvalue weighted by molar-refractivity contribution is 0.0998. The molecule has 6 nitrogen and oxygen atoms in total. The van der Waals surface area contributed by atoms with Crippen LogP contribution in [0.4, 0.5) is 11.4 Å². The SMILES string of the molecule is COc1ccc2oc(C(=O)Nc3ccc([N+]4(C5CCNC5)CCCC4C)cc3C)cc2c1. The van der Waals surface area contributed by atoms with Gasteiger partial charge in [0, 0.05) is 55.6 Å². The van der Waals surface area contributed by atoms with Gasteiger partial charge in [0.25, 0.3) is 5.91 Å². The van der Waals surface area contributed by atoms with Gasteiger partial charge in [-0.05, 0) is 49.7 Å². The number of fused-ring (bicyclic) bond motifs is 1. The molecule has 3 atom stereocenters. The van der Waals surface area contributed by atoms with E-state index in [4.69, 9.17) is 9.15 Å². The monoisotopic (exact) mass is 434 g/mol. The van der Waals surface area contributed by atoms with Crippen LogP contribution in [0.1, 0.15) is 42.3 Å². The summed E-state index contributed by atoms with van der Waals surface area (Å²) in [5, 5.41) is 7.45. The number of benzene rings is 2. The van der Waals surface area contributed by atoms with Crippen LogP contribution in [-0.2, 0) is 0 Å². The highest BCUT2D eigenvalue weighted by Gasteiger charge is 2.48. The van der Waals surface area contributed by atoms with Crippen LogP contribution in [-0.4, -0.2) is 44.7 Å². The van der Waals surface area contributed by atoms with E-state index in [0.29, 0.717) is 23.4 Å². The maximum Gasteiger partial charge on any atom is 0.291 e. The number of carbonyl (C=O) groups is 1. The molecule has 3 heterocycles. The zero-order chi connectivity index (χ0) is 22.3. The average molecular weight is 435 g/mol. The highest BCUT2D eigenvalue weighted by molar-refractivity contribution is 6.05. The van der Waals surface area contributed by atoms with Gasteiger partial charge in [0.2, 0.25) is 0 Å². The number of aryl methyl sites for hydroxylation is 1. The van der Waals surface area contributed by atoms with Gasteiger partial charge in [-0.15, -0.1) is 0 Å². The van der Waals surface area contributed by atoms with Crippen molar-refractivity contribution in [3.05, 3.63) is 53.8 Å². The molecule has 2 fully saturated rings. The van der Waals surface area contributed by atoms with Crippen LogP contribution in [0.2, 0.25) is 0 Å². The largest absolute Gasteiger partial charge is 0.497 e. The number of furan rings is 1.